The summed E-state index contributed by atoms with van der Waals surface area (Å²) in [4.78, 5) is 16.0. The van der Waals surface area contributed by atoms with Crippen LogP contribution in [-0.2, 0) is 0 Å². The van der Waals surface area contributed by atoms with E-state index < -0.39 is 0 Å². The summed E-state index contributed by atoms with van der Waals surface area (Å²) in [6, 6.07) is 11.3. The van der Waals surface area contributed by atoms with Crippen LogP contribution in [0.15, 0.2) is 42.6 Å². The lowest BCUT2D eigenvalue weighted by Gasteiger charge is -2.08. The fraction of sp³-hybridized carbons (Fsp3) is 0.200. The molecule has 102 valence electrons. The first-order chi connectivity index (χ1) is 9.70. The molecule has 2 N–H and O–H groups in total. The molecule has 1 saturated carbocycles. The van der Waals surface area contributed by atoms with E-state index >= 15 is 0 Å². The number of amides is 1. The average molecular weight is 288 g/mol. The second-order valence-corrected chi connectivity index (χ2v) is 5.25. The van der Waals surface area contributed by atoms with Gasteiger partial charge >= 0.3 is 0 Å². The summed E-state index contributed by atoms with van der Waals surface area (Å²) in [5, 5.41) is 6.83. The van der Waals surface area contributed by atoms with Gasteiger partial charge in [0.05, 0.1) is 0 Å². The van der Waals surface area contributed by atoms with Gasteiger partial charge < -0.3 is 10.6 Å². The van der Waals surface area contributed by atoms with E-state index in [4.69, 9.17) is 11.6 Å². The second-order valence-electron chi connectivity index (χ2n) is 4.81. The molecule has 4 nitrogen and oxygen atoms in total. The molecule has 1 aliphatic rings. The number of rotatable bonds is 4. The molecule has 1 aliphatic carbocycles. The minimum Gasteiger partial charge on any atom is -0.355 e. The van der Waals surface area contributed by atoms with Gasteiger partial charge in [0.15, 0.2) is 0 Å². The number of nitrogens with one attached hydrogen (secondary N) is 2. The molecule has 0 spiro atoms. The Labute approximate surface area is 122 Å². The fourth-order valence-corrected chi connectivity index (χ4v) is 1.95. The summed E-state index contributed by atoms with van der Waals surface area (Å²) in [5.41, 5.74) is 2.16. The number of pyridine rings is 1. The van der Waals surface area contributed by atoms with Crippen molar-refractivity contribution in [2.45, 2.75) is 18.9 Å². The highest BCUT2D eigenvalue weighted by molar-refractivity contribution is 6.30. The number of carbonyl (C=O) groups excluding carboxylic acids is 1. The molecule has 0 unspecified atom stereocenters. The molecule has 20 heavy (non-hydrogen) atoms. The van der Waals surface area contributed by atoms with Crippen molar-refractivity contribution in [1.82, 2.24) is 10.3 Å². The van der Waals surface area contributed by atoms with E-state index in [2.05, 4.69) is 15.6 Å². The monoisotopic (exact) mass is 287 g/mol. The third-order valence-corrected chi connectivity index (χ3v) is 3.29. The van der Waals surface area contributed by atoms with E-state index in [1.807, 2.05) is 30.3 Å². The van der Waals surface area contributed by atoms with Crippen molar-refractivity contribution in [2.24, 2.45) is 0 Å². The van der Waals surface area contributed by atoms with Crippen molar-refractivity contribution in [1.29, 1.82) is 0 Å². The average Bonchev–Trinajstić information content (AvgIpc) is 3.26. The lowest BCUT2D eigenvalue weighted by molar-refractivity contribution is 0.0946. The van der Waals surface area contributed by atoms with Crippen LogP contribution in [0.3, 0.4) is 0 Å². The Morgan fingerprint density at radius 2 is 1.90 bits per heavy atom. The van der Waals surface area contributed by atoms with Crippen molar-refractivity contribution >= 4 is 28.9 Å². The van der Waals surface area contributed by atoms with Crippen LogP contribution in [0.1, 0.15) is 23.3 Å². The number of aromatic nitrogens is 1. The Hall–Kier alpha value is -2.07. The highest BCUT2D eigenvalue weighted by Gasteiger charge is 2.24. The van der Waals surface area contributed by atoms with Crippen LogP contribution in [0.5, 0.6) is 0 Å². The van der Waals surface area contributed by atoms with E-state index in [0.717, 1.165) is 24.2 Å². The van der Waals surface area contributed by atoms with Crippen molar-refractivity contribution < 1.29 is 4.79 Å². The predicted octanol–water partition coefficient (Wildman–Crippen LogP) is 3.37. The maximum atomic E-state index is 11.9. The van der Waals surface area contributed by atoms with E-state index in [1.165, 1.54) is 0 Å². The minimum atomic E-state index is -0.118. The van der Waals surface area contributed by atoms with Crippen LogP contribution in [0, 0.1) is 0 Å². The Bertz CT molecular complexity index is 623. The molecule has 1 heterocycles. The Balaban J connectivity index is 1.73. The van der Waals surface area contributed by atoms with Crippen molar-refractivity contribution in [3.8, 4) is 0 Å². The molecular weight excluding hydrogens is 274 g/mol. The number of nitrogens with zero attached hydrogens (tertiary/aromatic N) is 1. The molecule has 0 radical (unpaired) electrons. The van der Waals surface area contributed by atoms with Gasteiger partial charge in [0, 0.05) is 28.6 Å². The first-order valence-corrected chi connectivity index (χ1v) is 6.88. The van der Waals surface area contributed by atoms with E-state index in [1.54, 1.807) is 12.3 Å². The van der Waals surface area contributed by atoms with Crippen LogP contribution in [0.4, 0.5) is 11.4 Å². The van der Waals surface area contributed by atoms with Gasteiger partial charge in [-0.15, -0.1) is 0 Å². The largest absolute Gasteiger partial charge is 0.355 e. The molecule has 1 amide bonds. The van der Waals surface area contributed by atoms with Gasteiger partial charge in [-0.3, -0.25) is 9.78 Å². The van der Waals surface area contributed by atoms with Crippen molar-refractivity contribution in [2.75, 3.05) is 5.32 Å². The first kappa shape index (κ1) is 12.9. The molecule has 2 aromatic rings. The first-order valence-electron chi connectivity index (χ1n) is 6.50. The third kappa shape index (κ3) is 3.27. The van der Waals surface area contributed by atoms with Crippen LogP contribution in [0.25, 0.3) is 0 Å². The summed E-state index contributed by atoms with van der Waals surface area (Å²) in [5.74, 6) is -0.118. The van der Waals surface area contributed by atoms with Gasteiger partial charge in [-0.25, -0.2) is 0 Å². The number of carbonyl (C=O) groups is 1. The maximum Gasteiger partial charge on any atom is 0.270 e. The molecule has 1 aromatic carbocycles. The van der Waals surface area contributed by atoms with Crippen LogP contribution < -0.4 is 10.6 Å². The van der Waals surface area contributed by atoms with Crippen LogP contribution in [-0.4, -0.2) is 16.9 Å². The van der Waals surface area contributed by atoms with Crippen molar-refractivity contribution in [3.63, 3.8) is 0 Å². The zero-order valence-electron chi connectivity index (χ0n) is 10.8. The number of halogens is 1. The van der Waals surface area contributed by atoms with E-state index in [9.17, 15) is 4.79 Å². The summed E-state index contributed by atoms with van der Waals surface area (Å²) in [7, 11) is 0. The Kier molecular flexibility index (Phi) is 3.56. The number of benzene rings is 1. The zero-order valence-corrected chi connectivity index (χ0v) is 11.5. The van der Waals surface area contributed by atoms with Gasteiger partial charge in [0.25, 0.3) is 5.91 Å². The van der Waals surface area contributed by atoms with E-state index in [0.29, 0.717) is 16.8 Å². The second kappa shape index (κ2) is 5.51. The van der Waals surface area contributed by atoms with Crippen molar-refractivity contribution in [3.05, 3.63) is 53.3 Å². The highest BCUT2D eigenvalue weighted by Crippen LogP contribution is 2.21. The Morgan fingerprint density at radius 1 is 1.15 bits per heavy atom. The third-order valence-electron chi connectivity index (χ3n) is 3.04. The van der Waals surface area contributed by atoms with E-state index in [-0.39, 0.29) is 5.91 Å². The molecule has 1 aromatic heterocycles. The lowest BCUT2D eigenvalue weighted by Crippen LogP contribution is -2.26. The Morgan fingerprint density at radius 3 is 2.60 bits per heavy atom. The topological polar surface area (TPSA) is 54.0 Å². The maximum absolute atomic E-state index is 11.9. The molecule has 0 bridgehead atoms. The molecule has 0 saturated heterocycles. The number of anilines is 2. The minimum absolute atomic E-state index is 0.118. The number of hydrogen-bond acceptors (Lipinski definition) is 3. The van der Waals surface area contributed by atoms with Crippen LogP contribution >= 0.6 is 11.6 Å². The molecule has 1 fully saturated rings. The normalized spacial score (nSPS) is 13.8. The van der Waals surface area contributed by atoms with Gasteiger partial charge in [-0.1, -0.05) is 11.6 Å². The zero-order chi connectivity index (χ0) is 13.9. The van der Waals surface area contributed by atoms with Crippen LogP contribution in [0.2, 0.25) is 5.02 Å². The highest BCUT2D eigenvalue weighted by atomic mass is 35.5. The summed E-state index contributed by atoms with van der Waals surface area (Å²) in [6.07, 6.45) is 3.75. The summed E-state index contributed by atoms with van der Waals surface area (Å²) in [6.45, 7) is 0. The lowest BCUT2D eigenvalue weighted by atomic mass is 10.2. The van der Waals surface area contributed by atoms with Gasteiger partial charge in [0.1, 0.15) is 5.69 Å². The van der Waals surface area contributed by atoms with Gasteiger partial charge in [-0.05, 0) is 49.2 Å². The molecular formula is C15H14ClN3O. The molecule has 5 heteroatoms. The van der Waals surface area contributed by atoms with Gasteiger partial charge in [-0.2, -0.15) is 0 Å². The number of hydrogen-bond donors (Lipinski definition) is 2. The molecule has 0 aliphatic heterocycles. The summed E-state index contributed by atoms with van der Waals surface area (Å²) < 4.78 is 0. The summed E-state index contributed by atoms with van der Waals surface area (Å²) >= 11 is 5.85. The quantitative estimate of drug-likeness (QED) is 0.906. The smallest absolute Gasteiger partial charge is 0.270 e. The fourth-order valence-electron chi connectivity index (χ4n) is 1.82. The predicted molar refractivity (Wildman–Crippen MR) is 79.5 cm³/mol. The molecule has 0 atom stereocenters. The standard InChI is InChI=1S/C15H14ClN3O/c16-10-1-3-11(4-2-10)18-13-7-8-17-14(9-13)15(20)19-12-5-6-12/h1-4,7-9,12H,5-6H2,(H,17,18)(H,19,20). The molecule has 3 rings (SSSR count). The van der Waals surface area contributed by atoms with Gasteiger partial charge in [0.2, 0.25) is 0 Å². The SMILES string of the molecule is O=C(NC1CC1)c1cc(Nc2ccc(Cl)cc2)ccn1.